The molecule has 7 heteroatoms. The van der Waals surface area contributed by atoms with Crippen LogP contribution in [0.25, 0.3) is 0 Å². The topological polar surface area (TPSA) is 87.5 Å². The number of carbonyl (C=O) groups is 2. The minimum atomic E-state index is -0.910. The Kier molecular flexibility index (Phi) is 5.75. The number of urea groups is 1. The number of aromatic nitrogens is 2. The first-order valence-corrected chi connectivity index (χ1v) is 6.96. The molecule has 0 saturated heterocycles. The van der Waals surface area contributed by atoms with Gasteiger partial charge in [0, 0.05) is 44.0 Å². The standard InChI is InChI=1S/C14H24N4O3/c1-14(2,3)18(10-7-12(19)20)13(21)15-8-5-11-6-9-16-17(11)4/h6,9H,5,7-8,10H2,1-4H3,(H,15,21)(H,19,20). The zero-order valence-corrected chi connectivity index (χ0v) is 13.1. The Morgan fingerprint density at radius 3 is 2.57 bits per heavy atom. The van der Waals surface area contributed by atoms with Crippen LogP contribution in [0.15, 0.2) is 12.3 Å². The van der Waals surface area contributed by atoms with Gasteiger partial charge in [-0.15, -0.1) is 0 Å². The third-order valence-corrected chi connectivity index (χ3v) is 3.18. The molecule has 1 aromatic rings. The second kappa shape index (κ2) is 7.10. The van der Waals surface area contributed by atoms with Crippen LogP contribution in [0.2, 0.25) is 0 Å². The second-order valence-corrected chi connectivity index (χ2v) is 5.89. The van der Waals surface area contributed by atoms with Gasteiger partial charge in [0.05, 0.1) is 6.42 Å². The van der Waals surface area contributed by atoms with Crippen LogP contribution in [0, 0.1) is 0 Å². The number of carbonyl (C=O) groups excluding carboxylic acids is 1. The molecule has 0 unspecified atom stereocenters. The van der Waals surface area contributed by atoms with Gasteiger partial charge >= 0.3 is 12.0 Å². The predicted octanol–water partition coefficient (Wildman–Crippen LogP) is 1.25. The summed E-state index contributed by atoms with van der Waals surface area (Å²) in [5, 5.41) is 15.7. The van der Waals surface area contributed by atoms with Crippen LogP contribution < -0.4 is 5.32 Å². The molecule has 21 heavy (non-hydrogen) atoms. The molecule has 2 amide bonds. The van der Waals surface area contributed by atoms with E-state index in [4.69, 9.17) is 5.11 Å². The van der Waals surface area contributed by atoms with E-state index in [1.807, 2.05) is 33.9 Å². The molecule has 1 rings (SSSR count). The van der Waals surface area contributed by atoms with E-state index in [1.54, 1.807) is 15.8 Å². The van der Waals surface area contributed by atoms with Gasteiger partial charge in [-0.3, -0.25) is 9.48 Å². The SMILES string of the molecule is Cn1nccc1CCNC(=O)N(CCC(=O)O)C(C)(C)C. The average Bonchev–Trinajstić information content (AvgIpc) is 2.73. The van der Waals surface area contributed by atoms with Gasteiger partial charge in [-0.05, 0) is 26.8 Å². The van der Waals surface area contributed by atoms with E-state index >= 15 is 0 Å². The summed E-state index contributed by atoms with van der Waals surface area (Å²) in [6, 6.07) is 1.66. The monoisotopic (exact) mass is 296 g/mol. The molecule has 0 bridgehead atoms. The second-order valence-electron chi connectivity index (χ2n) is 5.89. The molecule has 118 valence electrons. The first kappa shape index (κ1) is 17.0. The van der Waals surface area contributed by atoms with Crippen LogP contribution in [0.5, 0.6) is 0 Å². The van der Waals surface area contributed by atoms with Crippen molar-refractivity contribution < 1.29 is 14.7 Å². The predicted molar refractivity (Wildman–Crippen MR) is 79.0 cm³/mol. The summed E-state index contributed by atoms with van der Waals surface area (Å²) >= 11 is 0. The van der Waals surface area contributed by atoms with E-state index in [1.165, 1.54) is 0 Å². The molecular weight excluding hydrogens is 272 g/mol. The molecule has 2 N–H and O–H groups in total. The molecule has 1 aromatic heterocycles. The first-order valence-electron chi connectivity index (χ1n) is 6.96. The van der Waals surface area contributed by atoms with E-state index in [0.717, 1.165) is 5.69 Å². The Morgan fingerprint density at radius 1 is 1.43 bits per heavy atom. The van der Waals surface area contributed by atoms with Crippen molar-refractivity contribution in [2.75, 3.05) is 13.1 Å². The van der Waals surface area contributed by atoms with Crippen LogP contribution in [-0.4, -0.2) is 50.4 Å². The maximum absolute atomic E-state index is 12.2. The third-order valence-electron chi connectivity index (χ3n) is 3.18. The molecule has 0 aliphatic heterocycles. The van der Waals surface area contributed by atoms with E-state index < -0.39 is 11.5 Å². The average molecular weight is 296 g/mol. The maximum Gasteiger partial charge on any atom is 0.317 e. The smallest absolute Gasteiger partial charge is 0.317 e. The number of carboxylic acids is 1. The summed E-state index contributed by atoms with van der Waals surface area (Å²) in [6.45, 7) is 6.33. The zero-order chi connectivity index (χ0) is 16.0. The largest absolute Gasteiger partial charge is 0.481 e. The normalized spacial score (nSPS) is 11.2. The zero-order valence-electron chi connectivity index (χ0n) is 13.1. The number of aryl methyl sites for hydroxylation is 1. The van der Waals surface area contributed by atoms with Gasteiger partial charge < -0.3 is 15.3 Å². The summed E-state index contributed by atoms with van der Waals surface area (Å²) in [6.07, 6.45) is 2.33. The number of carboxylic acid groups (broad SMARTS) is 1. The molecule has 0 aromatic carbocycles. The summed E-state index contributed by atoms with van der Waals surface area (Å²) in [5.41, 5.74) is 0.606. The molecule has 0 radical (unpaired) electrons. The lowest BCUT2D eigenvalue weighted by atomic mass is 10.1. The van der Waals surface area contributed by atoms with Crippen LogP contribution in [0.3, 0.4) is 0 Å². The van der Waals surface area contributed by atoms with Gasteiger partial charge in [0.2, 0.25) is 0 Å². The number of aliphatic carboxylic acids is 1. The van der Waals surface area contributed by atoms with Gasteiger partial charge in [0.15, 0.2) is 0 Å². The van der Waals surface area contributed by atoms with E-state index in [2.05, 4.69) is 10.4 Å². The molecular formula is C14H24N4O3. The molecule has 0 atom stereocenters. The Hall–Kier alpha value is -2.05. The maximum atomic E-state index is 12.2. The molecule has 0 fully saturated rings. The first-order chi connectivity index (χ1) is 9.71. The lowest BCUT2D eigenvalue weighted by Crippen LogP contribution is -2.51. The van der Waals surface area contributed by atoms with Crippen LogP contribution in [0.4, 0.5) is 4.79 Å². The van der Waals surface area contributed by atoms with Crippen molar-refractivity contribution >= 4 is 12.0 Å². The van der Waals surface area contributed by atoms with Gasteiger partial charge in [0.1, 0.15) is 0 Å². The Labute approximate surface area is 124 Å². The quantitative estimate of drug-likeness (QED) is 0.827. The fraction of sp³-hybridized carbons (Fsp3) is 0.643. The van der Waals surface area contributed by atoms with E-state index in [-0.39, 0.29) is 19.0 Å². The van der Waals surface area contributed by atoms with Crippen molar-refractivity contribution in [1.82, 2.24) is 20.0 Å². The molecule has 7 nitrogen and oxygen atoms in total. The van der Waals surface area contributed by atoms with Gasteiger partial charge in [0.25, 0.3) is 0 Å². The van der Waals surface area contributed by atoms with Crippen molar-refractivity contribution in [2.45, 2.75) is 39.2 Å². The summed E-state index contributed by atoms with van der Waals surface area (Å²) < 4.78 is 1.76. The van der Waals surface area contributed by atoms with Gasteiger partial charge in [-0.2, -0.15) is 5.10 Å². The van der Waals surface area contributed by atoms with Crippen molar-refractivity contribution in [3.63, 3.8) is 0 Å². The highest BCUT2D eigenvalue weighted by atomic mass is 16.4. The van der Waals surface area contributed by atoms with Crippen LogP contribution >= 0.6 is 0 Å². The lowest BCUT2D eigenvalue weighted by molar-refractivity contribution is -0.137. The minimum absolute atomic E-state index is 0.0631. The van der Waals surface area contributed by atoms with Gasteiger partial charge in [-0.1, -0.05) is 0 Å². The van der Waals surface area contributed by atoms with Crippen LogP contribution in [-0.2, 0) is 18.3 Å². The fourth-order valence-electron chi connectivity index (χ4n) is 1.99. The number of nitrogens with zero attached hydrogens (tertiary/aromatic N) is 3. The Bertz CT molecular complexity index is 491. The lowest BCUT2D eigenvalue weighted by Gasteiger charge is -2.35. The minimum Gasteiger partial charge on any atom is -0.481 e. The number of nitrogens with one attached hydrogen (secondary N) is 1. The van der Waals surface area contributed by atoms with Crippen molar-refractivity contribution in [3.05, 3.63) is 18.0 Å². The highest BCUT2D eigenvalue weighted by Gasteiger charge is 2.26. The summed E-state index contributed by atoms with van der Waals surface area (Å²) in [7, 11) is 1.85. The van der Waals surface area contributed by atoms with Crippen molar-refractivity contribution in [1.29, 1.82) is 0 Å². The highest BCUT2D eigenvalue weighted by molar-refractivity contribution is 5.76. The van der Waals surface area contributed by atoms with Crippen molar-refractivity contribution in [3.8, 4) is 0 Å². The number of amides is 2. The summed E-state index contributed by atoms with van der Waals surface area (Å²) in [5.74, 6) is -0.910. The van der Waals surface area contributed by atoms with Gasteiger partial charge in [-0.25, -0.2) is 4.79 Å². The number of rotatable bonds is 6. The highest BCUT2D eigenvalue weighted by Crippen LogP contribution is 2.13. The Morgan fingerprint density at radius 2 is 2.10 bits per heavy atom. The van der Waals surface area contributed by atoms with E-state index in [9.17, 15) is 9.59 Å². The molecule has 0 saturated carbocycles. The molecule has 0 spiro atoms. The molecule has 0 aliphatic rings. The number of hydrogen-bond acceptors (Lipinski definition) is 3. The summed E-state index contributed by atoms with van der Waals surface area (Å²) in [4.78, 5) is 24.5. The Balaban J connectivity index is 2.52. The molecule has 1 heterocycles. The number of hydrogen-bond donors (Lipinski definition) is 2. The fourth-order valence-corrected chi connectivity index (χ4v) is 1.99. The van der Waals surface area contributed by atoms with Crippen molar-refractivity contribution in [2.24, 2.45) is 7.05 Å². The molecule has 0 aliphatic carbocycles. The third kappa shape index (κ3) is 5.45. The van der Waals surface area contributed by atoms with Crippen LogP contribution in [0.1, 0.15) is 32.9 Å². The van der Waals surface area contributed by atoms with E-state index in [0.29, 0.717) is 13.0 Å².